The second kappa shape index (κ2) is 8.68. The summed E-state index contributed by atoms with van der Waals surface area (Å²) < 4.78 is 37.5. The van der Waals surface area contributed by atoms with Crippen LogP contribution in [0.5, 0.6) is 0 Å². The first-order valence-corrected chi connectivity index (χ1v) is 10.6. The van der Waals surface area contributed by atoms with E-state index in [1.165, 1.54) is 25.5 Å². The number of nitrogens with zero attached hydrogens (tertiary/aromatic N) is 1. The van der Waals surface area contributed by atoms with Crippen molar-refractivity contribution in [3.8, 4) is 0 Å². The Labute approximate surface area is 174 Å². The van der Waals surface area contributed by atoms with Crippen molar-refractivity contribution in [3.05, 3.63) is 77.0 Å². The number of rotatable bonds is 8. The molecule has 0 saturated carbocycles. The van der Waals surface area contributed by atoms with Crippen molar-refractivity contribution >= 4 is 21.8 Å². The van der Waals surface area contributed by atoms with E-state index in [1.54, 1.807) is 44.2 Å². The number of methoxy groups -OCH3 is 1. The zero-order valence-electron chi connectivity index (χ0n) is 16.8. The molecule has 3 rings (SSSR count). The van der Waals surface area contributed by atoms with E-state index in [9.17, 15) is 18.0 Å². The van der Waals surface area contributed by atoms with E-state index in [-0.39, 0.29) is 22.7 Å². The molecule has 0 aliphatic carbocycles. The number of carbonyl (C=O) groups excluding carboxylic acids is 2. The zero-order chi connectivity index (χ0) is 21.9. The quantitative estimate of drug-likeness (QED) is 0.434. The number of aryl methyl sites for hydroxylation is 1. The highest BCUT2D eigenvalue weighted by molar-refractivity contribution is 7.89. The van der Waals surface area contributed by atoms with Gasteiger partial charge in [-0.15, -0.1) is 0 Å². The summed E-state index contributed by atoms with van der Waals surface area (Å²) in [6, 6.07) is 11.2. The Balaban J connectivity index is 1.97. The molecule has 0 aliphatic rings. The fraction of sp³-hybridized carbons (Fsp3) is 0.238. The second-order valence-electron chi connectivity index (χ2n) is 6.71. The molecule has 0 spiro atoms. The third kappa shape index (κ3) is 4.22. The molecule has 1 aromatic carbocycles. The third-order valence-electron chi connectivity index (χ3n) is 4.72. The minimum absolute atomic E-state index is 0.0714. The van der Waals surface area contributed by atoms with Crippen LogP contribution in [-0.4, -0.2) is 43.1 Å². The average Bonchev–Trinajstić information content (AvgIpc) is 3.34. The number of aromatic nitrogens is 1. The lowest BCUT2D eigenvalue weighted by Gasteiger charge is -2.21. The molecule has 158 valence electrons. The number of furan rings is 1. The van der Waals surface area contributed by atoms with E-state index < -0.39 is 28.3 Å². The summed E-state index contributed by atoms with van der Waals surface area (Å²) in [6.45, 7) is 2.74. The predicted octanol–water partition coefficient (Wildman–Crippen LogP) is 3.08. The molecule has 30 heavy (non-hydrogen) atoms. The number of nitrogens with one attached hydrogen (secondary N) is 1. The Kier molecular flexibility index (Phi) is 6.23. The maximum atomic E-state index is 13.2. The van der Waals surface area contributed by atoms with Crippen molar-refractivity contribution in [3.63, 3.8) is 0 Å². The number of ether oxygens (including phenoxy) is 1. The molecule has 2 aromatic heterocycles. The first-order chi connectivity index (χ1) is 14.3. The molecule has 0 saturated heterocycles. The van der Waals surface area contributed by atoms with Crippen LogP contribution in [0.15, 0.2) is 58.0 Å². The Hall–Kier alpha value is -3.17. The summed E-state index contributed by atoms with van der Waals surface area (Å²) in [4.78, 5) is 28.0. The van der Waals surface area contributed by atoms with Gasteiger partial charge in [0.25, 0.3) is 0 Å². The standard InChI is InChI=1S/C21H22N2O6S/c1-14-19(15(2)22-20(14)21(25)28-3)18(24)13-23(12-16-8-7-11-29-16)30(26,27)17-9-5-4-6-10-17/h4-11,22H,12-13H2,1-3H3. The molecule has 0 amide bonds. The molecule has 0 radical (unpaired) electrons. The SMILES string of the molecule is COC(=O)c1[nH]c(C)c(C(=O)CN(Cc2ccco2)S(=O)(=O)c2ccccc2)c1C. The van der Waals surface area contributed by atoms with Gasteiger partial charge >= 0.3 is 5.97 Å². The minimum atomic E-state index is -3.97. The second-order valence-corrected chi connectivity index (χ2v) is 8.64. The van der Waals surface area contributed by atoms with Gasteiger partial charge in [-0.1, -0.05) is 18.2 Å². The van der Waals surface area contributed by atoms with E-state index in [0.717, 1.165) is 4.31 Å². The highest BCUT2D eigenvalue weighted by Crippen LogP contribution is 2.23. The van der Waals surface area contributed by atoms with Crippen LogP contribution in [0.25, 0.3) is 0 Å². The van der Waals surface area contributed by atoms with E-state index in [2.05, 4.69) is 4.98 Å². The number of hydrogen-bond donors (Lipinski definition) is 1. The number of benzene rings is 1. The maximum absolute atomic E-state index is 13.2. The summed E-state index contributed by atoms with van der Waals surface area (Å²) in [6.07, 6.45) is 1.44. The number of Topliss-reactive ketones (excluding diaryl/α,β-unsaturated/α-hetero) is 1. The minimum Gasteiger partial charge on any atom is -0.468 e. The highest BCUT2D eigenvalue weighted by Gasteiger charge is 2.30. The Morgan fingerprint density at radius 2 is 1.80 bits per heavy atom. The summed E-state index contributed by atoms with van der Waals surface area (Å²) in [5, 5.41) is 0. The van der Waals surface area contributed by atoms with Crippen LogP contribution in [0.2, 0.25) is 0 Å². The molecular formula is C21H22N2O6S. The van der Waals surface area contributed by atoms with Gasteiger partial charge in [-0.3, -0.25) is 4.79 Å². The number of carbonyl (C=O) groups is 2. The molecule has 3 aromatic rings. The van der Waals surface area contributed by atoms with Gasteiger partial charge in [0.05, 0.1) is 31.4 Å². The number of esters is 1. The fourth-order valence-electron chi connectivity index (χ4n) is 3.26. The largest absolute Gasteiger partial charge is 0.468 e. The lowest BCUT2D eigenvalue weighted by Crippen LogP contribution is -2.35. The van der Waals surface area contributed by atoms with E-state index in [0.29, 0.717) is 17.0 Å². The van der Waals surface area contributed by atoms with Crippen molar-refractivity contribution in [1.29, 1.82) is 0 Å². The van der Waals surface area contributed by atoms with Crippen LogP contribution in [0.1, 0.15) is 37.9 Å². The molecule has 0 bridgehead atoms. The van der Waals surface area contributed by atoms with Gasteiger partial charge in [-0.25, -0.2) is 13.2 Å². The monoisotopic (exact) mass is 430 g/mol. The van der Waals surface area contributed by atoms with Crippen molar-refractivity contribution in [2.45, 2.75) is 25.3 Å². The maximum Gasteiger partial charge on any atom is 0.354 e. The van der Waals surface area contributed by atoms with Crippen LogP contribution in [0.3, 0.4) is 0 Å². The Morgan fingerprint density at radius 3 is 2.40 bits per heavy atom. The lowest BCUT2D eigenvalue weighted by atomic mass is 10.1. The zero-order valence-corrected chi connectivity index (χ0v) is 17.7. The van der Waals surface area contributed by atoms with Crippen LogP contribution < -0.4 is 0 Å². The van der Waals surface area contributed by atoms with E-state index >= 15 is 0 Å². The number of sulfonamides is 1. The molecular weight excluding hydrogens is 408 g/mol. The number of H-pyrrole nitrogens is 1. The number of hydrogen-bond acceptors (Lipinski definition) is 6. The van der Waals surface area contributed by atoms with Crippen molar-refractivity contribution in [2.75, 3.05) is 13.7 Å². The van der Waals surface area contributed by atoms with Gasteiger partial charge in [0.1, 0.15) is 11.5 Å². The lowest BCUT2D eigenvalue weighted by molar-refractivity contribution is 0.0594. The normalized spacial score (nSPS) is 11.6. The van der Waals surface area contributed by atoms with Crippen molar-refractivity contribution in [2.24, 2.45) is 0 Å². The van der Waals surface area contributed by atoms with E-state index in [4.69, 9.17) is 9.15 Å². The average molecular weight is 430 g/mol. The van der Waals surface area contributed by atoms with Crippen LogP contribution in [0.4, 0.5) is 0 Å². The van der Waals surface area contributed by atoms with Gasteiger partial charge in [-0.2, -0.15) is 4.31 Å². The topological polar surface area (TPSA) is 110 Å². The molecule has 0 aliphatic heterocycles. The van der Waals surface area contributed by atoms with Gasteiger partial charge in [0.2, 0.25) is 10.0 Å². The molecule has 2 heterocycles. The first-order valence-electron chi connectivity index (χ1n) is 9.14. The molecule has 0 fully saturated rings. The Bertz CT molecular complexity index is 1150. The summed E-state index contributed by atoms with van der Waals surface area (Å²) in [5.74, 6) is -0.637. The molecule has 0 unspecified atom stereocenters. The molecule has 9 heteroatoms. The first kappa shape index (κ1) is 21.5. The molecule has 8 nitrogen and oxygen atoms in total. The third-order valence-corrected chi connectivity index (χ3v) is 6.53. The number of ketones is 1. The van der Waals surface area contributed by atoms with Gasteiger partial charge < -0.3 is 14.1 Å². The highest BCUT2D eigenvalue weighted by atomic mass is 32.2. The van der Waals surface area contributed by atoms with Gasteiger partial charge in [0, 0.05) is 11.3 Å². The van der Waals surface area contributed by atoms with Crippen molar-refractivity contribution < 1.29 is 27.2 Å². The van der Waals surface area contributed by atoms with Crippen LogP contribution in [-0.2, 0) is 21.3 Å². The summed E-state index contributed by atoms with van der Waals surface area (Å²) in [7, 11) is -2.72. The molecule has 1 N–H and O–H groups in total. The van der Waals surface area contributed by atoms with Gasteiger partial charge in [-0.05, 0) is 43.7 Å². The Morgan fingerprint density at radius 1 is 1.10 bits per heavy atom. The smallest absolute Gasteiger partial charge is 0.354 e. The van der Waals surface area contributed by atoms with E-state index in [1.807, 2.05) is 0 Å². The summed E-state index contributed by atoms with van der Waals surface area (Å²) in [5.41, 5.74) is 1.32. The van der Waals surface area contributed by atoms with Crippen molar-refractivity contribution in [1.82, 2.24) is 9.29 Å². The predicted molar refractivity (Wildman–Crippen MR) is 109 cm³/mol. The number of aromatic amines is 1. The fourth-order valence-corrected chi connectivity index (χ4v) is 4.64. The van der Waals surface area contributed by atoms with Gasteiger partial charge in [0.15, 0.2) is 5.78 Å². The van der Waals surface area contributed by atoms with Crippen LogP contribution in [0, 0.1) is 13.8 Å². The summed E-state index contributed by atoms with van der Waals surface area (Å²) >= 11 is 0. The molecule has 0 atom stereocenters. The van der Waals surface area contributed by atoms with Crippen LogP contribution >= 0.6 is 0 Å².